The lowest BCUT2D eigenvalue weighted by molar-refractivity contribution is -0.136. The first-order chi connectivity index (χ1) is 12.4. The van der Waals surface area contributed by atoms with Crippen LogP contribution in [0.15, 0.2) is 47.6 Å². The van der Waals surface area contributed by atoms with E-state index >= 15 is 0 Å². The average molecular weight is 355 g/mol. The summed E-state index contributed by atoms with van der Waals surface area (Å²) < 4.78 is 5.12. The number of methoxy groups -OCH3 is 1. The molecule has 0 spiro atoms. The number of hydrogen-bond donors (Lipinski definition) is 3. The zero-order chi connectivity index (χ0) is 19.1. The first-order valence-corrected chi connectivity index (χ1v) is 7.53. The summed E-state index contributed by atoms with van der Waals surface area (Å²) >= 11 is 0. The maximum atomic E-state index is 12.0. The normalized spacial score (nSPS) is 10.4. The van der Waals surface area contributed by atoms with E-state index in [1.165, 1.54) is 19.2 Å². The molecule has 2 aromatic carbocycles. The van der Waals surface area contributed by atoms with E-state index in [4.69, 9.17) is 9.84 Å². The van der Waals surface area contributed by atoms with Crippen LogP contribution < -0.4 is 15.5 Å². The number of carbonyl (C=O) groups excluding carboxylic acids is 2. The van der Waals surface area contributed by atoms with Gasteiger partial charge in [-0.1, -0.05) is 24.3 Å². The third kappa shape index (κ3) is 4.67. The molecule has 8 nitrogen and oxygen atoms in total. The molecule has 0 heterocycles. The third-order valence-corrected chi connectivity index (χ3v) is 3.37. The minimum atomic E-state index is -1.12. The number of rotatable bonds is 5. The second kappa shape index (κ2) is 8.43. The van der Waals surface area contributed by atoms with Crippen molar-refractivity contribution in [2.45, 2.75) is 6.92 Å². The zero-order valence-corrected chi connectivity index (χ0v) is 14.1. The molecule has 134 valence electrons. The predicted molar refractivity (Wildman–Crippen MR) is 95.5 cm³/mol. The lowest BCUT2D eigenvalue weighted by Crippen LogP contribution is -2.32. The Morgan fingerprint density at radius 3 is 2.54 bits per heavy atom. The summed E-state index contributed by atoms with van der Waals surface area (Å²) in [5.74, 6) is -2.64. The van der Waals surface area contributed by atoms with Crippen molar-refractivity contribution in [3.8, 4) is 5.75 Å². The molecular weight excluding hydrogens is 338 g/mol. The van der Waals surface area contributed by atoms with Gasteiger partial charge >= 0.3 is 17.8 Å². The molecule has 0 fully saturated rings. The number of hydrazone groups is 1. The van der Waals surface area contributed by atoms with E-state index in [0.717, 1.165) is 11.8 Å². The summed E-state index contributed by atoms with van der Waals surface area (Å²) in [6, 6.07) is 11.3. The van der Waals surface area contributed by atoms with Gasteiger partial charge in [-0.3, -0.25) is 9.59 Å². The molecule has 0 radical (unpaired) electrons. The molecule has 0 aliphatic carbocycles. The average Bonchev–Trinajstić information content (AvgIpc) is 2.62. The smallest absolute Gasteiger partial charge is 0.336 e. The summed E-state index contributed by atoms with van der Waals surface area (Å²) in [6.07, 6.45) is 1.15. The van der Waals surface area contributed by atoms with Gasteiger partial charge in [-0.2, -0.15) is 5.10 Å². The number of benzene rings is 2. The van der Waals surface area contributed by atoms with Crippen LogP contribution in [0.1, 0.15) is 21.5 Å². The second-order valence-corrected chi connectivity index (χ2v) is 5.25. The van der Waals surface area contributed by atoms with Crippen molar-refractivity contribution in [2.75, 3.05) is 12.4 Å². The Morgan fingerprint density at radius 2 is 1.85 bits per heavy atom. The number of aromatic carboxylic acids is 1. The Labute approximate surface area is 149 Å². The van der Waals surface area contributed by atoms with Gasteiger partial charge in [-0.05, 0) is 30.7 Å². The maximum Gasteiger partial charge on any atom is 0.336 e. The highest BCUT2D eigenvalue weighted by Crippen LogP contribution is 2.24. The first kappa shape index (κ1) is 18.7. The molecule has 0 saturated carbocycles. The Kier molecular flexibility index (Phi) is 6.05. The van der Waals surface area contributed by atoms with E-state index < -0.39 is 17.8 Å². The highest BCUT2D eigenvalue weighted by atomic mass is 16.5. The van der Waals surface area contributed by atoms with Crippen LogP contribution >= 0.6 is 0 Å². The van der Waals surface area contributed by atoms with Crippen molar-refractivity contribution in [1.29, 1.82) is 0 Å². The molecule has 0 atom stereocenters. The minimum absolute atomic E-state index is 0.0273. The second-order valence-electron chi connectivity index (χ2n) is 5.25. The number of aryl methyl sites for hydroxylation is 1. The lowest BCUT2D eigenvalue weighted by atomic mass is 10.1. The van der Waals surface area contributed by atoms with Crippen molar-refractivity contribution >= 4 is 29.7 Å². The summed E-state index contributed by atoms with van der Waals surface area (Å²) in [5, 5.41) is 15.1. The fraction of sp³-hybridized carbons (Fsp3) is 0.111. The largest absolute Gasteiger partial charge is 0.495 e. The number of carboxylic acid groups (broad SMARTS) is 1. The van der Waals surface area contributed by atoms with E-state index in [-0.39, 0.29) is 5.56 Å². The number of nitrogens with one attached hydrogen (secondary N) is 2. The monoisotopic (exact) mass is 355 g/mol. The zero-order valence-electron chi connectivity index (χ0n) is 14.1. The molecule has 2 aromatic rings. The number of anilines is 1. The highest BCUT2D eigenvalue weighted by Gasteiger charge is 2.15. The number of nitrogens with zero attached hydrogens (tertiary/aromatic N) is 1. The van der Waals surface area contributed by atoms with E-state index in [1.807, 2.05) is 6.92 Å². The van der Waals surface area contributed by atoms with Crippen LogP contribution in [0.3, 0.4) is 0 Å². The van der Waals surface area contributed by atoms with Gasteiger partial charge in [0.05, 0.1) is 24.6 Å². The topological polar surface area (TPSA) is 117 Å². The highest BCUT2D eigenvalue weighted by molar-refractivity contribution is 6.39. The molecule has 0 bridgehead atoms. The first-order valence-electron chi connectivity index (χ1n) is 7.53. The van der Waals surface area contributed by atoms with Crippen LogP contribution in [0.4, 0.5) is 5.69 Å². The molecule has 0 aliphatic rings. The van der Waals surface area contributed by atoms with Crippen LogP contribution in [0.2, 0.25) is 0 Å². The lowest BCUT2D eigenvalue weighted by Gasteiger charge is -2.10. The molecule has 3 N–H and O–H groups in total. The minimum Gasteiger partial charge on any atom is -0.495 e. The van der Waals surface area contributed by atoms with E-state index in [1.54, 1.807) is 30.3 Å². The molecule has 0 unspecified atom stereocenters. The van der Waals surface area contributed by atoms with E-state index in [2.05, 4.69) is 15.8 Å². The molecule has 0 aliphatic heterocycles. The number of ether oxygens (including phenoxy) is 1. The maximum absolute atomic E-state index is 12.0. The molecule has 0 aromatic heterocycles. The van der Waals surface area contributed by atoms with Gasteiger partial charge in [-0.25, -0.2) is 10.2 Å². The Hall–Kier alpha value is -3.68. The van der Waals surface area contributed by atoms with Gasteiger partial charge in [-0.15, -0.1) is 0 Å². The van der Waals surface area contributed by atoms with Crippen molar-refractivity contribution in [3.05, 3.63) is 59.2 Å². The van der Waals surface area contributed by atoms with Gasteiger partial charge < -0.3 is 15.2 Å². The third-order valence-electron chi connectivity index (χ3n) is 3.37. The number of amides is 2. The van der Waals surface area contributed by atoms with Crippen molar-refractivity contribution in [1.82, 2.24) is 5.43 Å². The predicted octanol–water partition coefficient (Wildman–Crippen LogP) is 1.79. The number of carbonyl (C=O) groups is 3. The molecule has 26 heavy (non-hydrogen) atoms. The van der Waals surface area contributed by atoms with Crippen molar-refractivity contribution in [2.24, 2.45) is 5.10 Å². The number of carboxylic acids is 1. The van der Waals surface area contributed by atoms with E-state index in [9.17, 15) is 14.4 Å². The SMILES string of the molecule is COc1ccc(C)cc1NC(=O)C(=O)N/N=C\c1ccccc1C(=O)O. The van der Waals surface area contributed by atoms with Crippen LogP contribution in [0.5, 0.6) is 5.75 Å². The van der Waals surface area contributed by atoms with Gasteiger partial charge in [0, 0.05) is 5.56 Å². The molecular formula is C18H17N3O5. The quantitative estimate of drug-likeness (QED) is 0.429. The Balaban J connectivity index is 2.03. The Bertz CT molecular complexity index is 877. The summed E-state index contributed by atoms with van der Waals surface area (Å²) in [6.45, 7) is 1.83. The van der Waals surface area contributed by atoms with Crippen molar-refractivity contribution in [3.63, 3.8) is 0 Å². The fourth-order valence-corrected chi connectivity index (χ4v) is 2.11. The van der Waals surface area contributed by atoms with Gasteiger partial charge in [0.15, 0.2) is 0 Å². The van der Waals surface area contributed by atoms with E-state index in [0.29, 0.717) is 17.0 Å². The standard InChI is InChI=1S/C18H17N3O5/c1-11-7-8-15(26-2)14(9-11)20-16(22)17(23)21-19-10-12-5-3-4-6-13(12)18(24)25/h3-10H,1-2H3,(H,20,22)(H,21,23)(H,24,25)/b19-10-. The van der Waals surface area contributed by atoms with Crippen LogP contribution in [0, 0.1) is 6.92 Å². The Morgan fingerprint density at radius 1 is 1.12 bits per heavy atom. The van der Waals surface area contributed by atoms with Crippen LogP contribution in [0.25, 0.3) is 0 Å². The molecule has 0 saturated heterocycles. The summed E-state index contributed by atoms with van der Waals surface area (Å²) in [5.41, 5.74) is 3.61. The molecule has 8 heteroatoms. The number of hydrogen-bond acceptors (Lipinski definition) is 5. The molecule has 2 amide bonds. The summed E-state index contributed by atoms with van der Waals surface area (Å²) in [7, 11) is 1.45. The van der Waals surface area contributed by atoms with Gasteiger partial charge in [0.1, 0.15) is 5.75 Å². The fourth-order valence-electron chi connectivity index (χ4n) is 2.11. The van der Waals surface area contributed by atoms with Gasteiger partial charge in [0.2, 0.25) is 0 Å². The molecule has 2 rings (SSSR count). The summed E-state index contributed by atoms with van der Waals surface area (Å²) in [4.78, 5) is 34.9. The van der Waals surface area contributed by atoms with Crippen molar-refractivity contribution < 1.29 is 24.2 Å². The van der Waals surface area contributed by atoms with Crippen LogP contribution in [-0.4, -0.2) is 36.2 Å². The van der Waals surface area contributed by atoms with Crippen LogP contribution in [-0.2, 0) is 9.59 Å². The van der Waals surface area contributed by atoms with Gasteiger partial charge in [0.25, 0.3) is 0 Å².